The number of Topliss-reactive ketones (excluding diaryl/α,β-unsaturated/α-hetero) is 1. The number of benzene rings is 3. The number of aliphatic hydroxyl groups excluding tert-OH is 1. The second-order valence-electron chi connectivity index (χ2n) is 9.53. The lowest BCUT2D eigenvalue weighted by Crippen LogP contribution is -2.29. The molecule has 6 rings (SSSR count). The molecule has 0 unspecified atom stereocenters. The molecule has 2 aliphatic rings. The van der Waals surface area contributed by atoms with Gasteiger partial charge in [-0.2, -0.15) is 0 Å². The van der Waals surface area contributed by atoms with E-state index in [1.54, 1.807) is 30.3 Å². The third kappa shape index (κ3) is 4.24. The van der Waals surface area contributed by atoms with Gasteiger partial charge in [-0.1, -0.05) is 11.3 Å². The topological polar surface area (TPSA) is 132 Å². The van der Waals surface area contributed by atoms with Gasteiger partial charge < -0.3 is 14.6 Å². The predicted molar refractivity (Wildman–Crippen MR) is 149 cm³/mol. The highest BCUT2D eigenvalue weighted by Crippen LogP contribution is 2.45. The van der Waals surface area contributed by atoms with Gasteiger partial charge in [0.25, 0.3) is 11.5 Å². The monoisotopic (exact) mass is 557 g/mol. The number of ketones is 1. The van der Waals surface area contributed by atoms with Crippen LogP contribution in [0.3, 0.4) is 0 Å². The Hall–Kier alpha value is -4.77. The molecule has 2 aliphatic heterocycles. The summed E-state index contributed by atoms with van der Waals surface area (Å²) in [5.74, 6) is -0.718. The summed E-state index contributed by atoms with van der Waals surface area (Å²) >= 11 is 1.21. The van der Waals surface area contributed by atoms with Crippen LogP contribution in [-0.4, -0.2) is 39.4 Å². The van der Waals surface area contributed by atoms with Crippen LogP contribution in [0.1, 0.15) is 36.6 Å². The Balaban J connectivity index is 1.51. The zero-order chi connectivity index (χ0) is 28.1. The van der Waals surface area contributed by atoms with Crippen molar-refractivity contribution in [2.75, 3.05) is 11.5 Å². The molecule has 0 aliphatic carbocycles. The molecule has 3 aromatic carbocycles. The maximum absolute atomic E-state index is 13.5. The first-order chi connectivity index (χ1) is 19.2. The number of aliphatic hydroxyl groups is 1. The molecule has 1 N–H and O–H groups in total. The highest BCUT2D eigenvalue weighted by molar-refractivity contribution is 7.22. The van der Waals surface area contributed by atoms with Crippen molar-refractivity contribution in [2.45, 2.75) is 32.4 Å². The summed E-state index contributed by atoms with van der Waals surface area (Å²) in [5, 5.41) is 23.0. The molecule has 11 heteroatoms. The van der Waals surface area contributed by atoms with Crippen LogP contribution in [0, 0.1) is 10.1 Å². The number of amides is 1. The molecular formula is C29H23N3O7S. The van der Waals surface area contributed by atoms with Crippen LogP contribution in [0.2, 0.25) is 0 Å². The van der Waals surface area contributed by atoms with Crippen molar-refractivity contribution in [3.05, 3.63) is 93.0 Å². The van der Waals surface area contributed by atoms with E-state index in [1.165, 1.54) is 40.5 Å². The highest BCUT2D eigenvalue weighted by Gasteiger charge is 2.48. The molecule has 1 fully saturated rings. The van der Waals surface area contributed by atoms with Crippen LogP contribution in [0.15, 0.2) is 66.2 Å². The normalized spacial score (nSPS) is 19.6. The standard InChI is InChI=1S/C29H23N3O7S/c1-3-38-20-9-10-21-23(14-20)40-29(30-21)31-25(16-4-7-19(8-5-16)32(36)37)24(27(34)28(31)35)26(33)17-6-11-22-18(13-17)12-15(2)39-22/h4-11,13-15,25,33H,3,12H2,1-2H3/t15-,25-/m0/s1. The largest absolute Gasteiger partial charge is 0.507 e. The number of hydrogen-bond acceptors (Lipinski definition) is 9. The van der Waals surface area contributed by atoms with Crippen molar-refractivity contribution in [2.24, 2.45) is 0 Å². The van der Waals surface area contributed by atoms with Gasteiger partial charge in [0, 0.05) is 24.1 Å². The van der Waals surface area contributed by atoms with E-state index in [9.17, 15) is 24.8 Å². The van der Waals surface area contributed by atoms with Gasteiger partial charge in [-0.05, 0) is 73.5 Å². The van der Waals surface area contributed by atoms with E-state index in [4.69, 9.17) is 9.47 Å². The Morgan fingerprint density at radius 2 is 1.95 bits per heavy atom. The van der Waals surface area contributed by atoms with E-state index < -0.39 is 22.7 Å². The van der Waals surface area contributed by atoms with Crippen molar-refractivity contribution in [3.63, 3.8) is 0 Å². The fourth-order valence-corrected chi connectivity index (χ4v) is 6.12. The van der Waals surface area contributed by atoms with Gasteiger partial charge in [0.2, 0.25) is 0 Å². The molecule has 2 atom stereocenters. The molecule has 3 heterocycles. The number of anilines is 1. The Labute approximate surface area is 232 Å². The van der Waals surface area contributed by atoms with Crippen LogP contribution < -0.4 is 14.4 Å². The van der Waals surface area contributed by atoms with Crippen LogP contribution in [0.25, 0.3) is 16.0 Å². The van der Waals surface area contributed by atoms with Gasteiger partial charge >= 0.3 is 5.91 Å². The molecule has 1 amide bonds. The summed E-state index contributed by atoms with van der Waals surface area (Å²) in [5.41, 5.74) is 2.01. The third-order valence-electron chi connectivity index (χ3n) is 6.90. The van der Waals surface area contributed by atoms with E-state index in [-0.39, 0.29) is 28.3 Å². The molecule has 0 saturated carbocycles. The molecule has 1 aromatic heterocycles. The van der Waals surface area contributed by atoms with E-state index in [0.29, 0.717) is 41.2 Å². The number of carbonyl (C=O) groups is 2. The average Bonchev–Trinajstić information content (AvgIpc) is 3.60. The van der Waals surface area contributed by atoms with Crippen molar-refractivity contribution >= 4 is 49.8 Å². The molecule has 10 nitrogen and oxygen atoms in total. The maximum Gasteiger partial charge on any atom is 0.301 e. The molecular weight excluding hydrogens is 534 g/mol. The number of fused-ring (bicyclic) bond motifs is 2. The molecule has 0 bridgehead atoms. The number of nitro benzene ring substituents is 1. The Bertz CT molecular complexity index is 1730. The fraction of sp³-hybridized carbons (Fsp3) is 0.207. The summed E-state index contributed by atoms with van der Waals surface area (Å²) in [7, 11) is 0. The summed E-state index contributed by atoms with van der Waals surface area (Å²) in [4.78, 5) is 43.7. The van der Waals surface area contributed by atoms with E-state index in [1.807, 2.05) is 19.9 Å². The second kappa shape index (κ2) is 9.76. The number of carbonyl (C=O) groups excluding carboxylic acids is 2. The minimum Gasteiger partial charge on any atom is -0.507 e. The smallest absolute Gasteiger partial charge is 0.301 e. The third-order valence-corrected chi connectivity index (χ3v) is 7.92. The SMILES string of the molecule is CCOc1ccc2nc(N3C(=O)C(=O)C(=C(O)c4ccc5c(c4)C[C@H](C)O5)[C@@H]3c3ccc([N+](=O)[O-])cc3)sc2c1. The van der Waals surface area contributed by atoms with Crippen LogP contribution in [0.4, 0.5) is 10.8 Å². The van der Waals surface area contributed by atoms with Gasteiger partial charge in [0.1, 0.15) is 23.4 Å². The van der Waals surface area contributed by atoms with Gasteiger partial charge in [0.05, 0.1) is 33.4 Å². The van der Waals surface area contributed by atoms with Crippen molar-refractivity contribution in [1.29, 1.82) is 0 Å². The number of aromatic nitrogens is 1. The van der Waals surface area contributed by atoms with Gasteiger partial charge in [-0.3, -0.25) is 24.6 Å². The molecule has 40 heavy (non-hydrogen) atoms. The Kier molecular flexibility index (Phi) is 6.22. The number of hydrogen-bond donors (Lipinski definition) is 1. The lowest BCUT2D eigenvalue weighted by Gasteiger charge is -2.23. The van der Waals surface area contributed by atoms with Crippen LogP contribution >= 0.6 is 11.3 Å². The summed E-state index contributed by atoms with van der Waals surface area (Å²) in [6.07, 6.45) is 0.631. The average molecular weight is 558 g/mol. The minimum absolute atomic E-state index is 0.0136. The quantitative estimate of drug-likeness (QED) is 0.107. The van der Waals surface area contributed by atoms with Crippen molar-refractivity contribution in [3.8, 4) is 11.5 Å². The molecule has 0 radical (unpaired) electrons. The van der Waals surface area contributed by atoms with Crippen LogP contribution in [0.5, 0.6) is 11.5 Å². The van der Waals surface area contributed by atoms with Crippen LogP contribution in [-0.2, 0) is 16.0 Å². The number of rotatable bonds is 6. The van der Waals surface area contributed by atoms with E-state index in [2.05, 4.69) is 4.98 Å². The maximum atomic E-state index is 13.5. The highest BCUT2D eigenvalue weighted by atomic mass is 32.1. The molecule has 0 spiro atoms. The Morgan fingerprint density at radius 1 is 1.18 bits per heavy atom. The fourth-order valence-electron chi connectivity index (χ4n) is 5.10. The molecule has 1 saturated heterocycles. The van der Waals surface area contributed by atoms with Gasteiger partial charge in [-0.15, -0.1) is 0 Å². The number of non-ortho nitro benzene ring substituents is 1. The summed E-state index contributed by atoms with van der Waals surface area (Å²) in [6.45, 7) is 4.30. The van der Waals surface area contributed by atoms with E-state index >= 15 is 0 Å². The first kappa shape index (κ1) is 25.5. The van der Waals surface area contributed by atoms with Gasteiger partial charge in [0.15, 0.2) is 5.13 Å². The lowest BCUT2D eigenvalue weighted by molar-refractivity contribution is -0.384. The summed E-state index contributed by atoms with van der Waals surface area (Å²) < 4.78 is 12.1. The lowest BCUT2D eigenvalue weighted by atomic mass is 9.94. The van der Waals surface area contributed by atoms with Crippen molar-refractivity contribution < 1.29 is 29.1 Å². The number of ether oxygens (including phenoxy) is 2. The van der Waals surface area contributed by atoms with E-state index in [0.717, 1.165) is 10.3 Å². The first-order valence-electron chi connectivity index (χ1n) is 12.6. The van der Waals surface area contributed by atoms with Crippen molar-refractivity contribution in [1.82, 2.24) is 4.98 Å². The number of nitro groups is 1. The molecule has 4 aromatic rings. The predicted octanol–water partition coefficient (Wildman–Crippen LogP) is 5.55. The molecule has 202 valence electrons. The second-order valence-corrected chi connectivity index (χ2v) is 10.5. The zero-order valence-corrected chi connectivity index (χ0v) is 22.3. The first-order valence-corrected chi connectivity index (χ1v) is 13.5. The summed E-state index contributed by atoms with van der Waals surface area (Å²) in [6, 6.07) is 15.0. The van der Waals surface area contributed by atoms with Gasteiger partial charge in [-0.25, -0.2) is 4.98 Å². The number of nitrogens with zero attached hydrogens (tertiary/aromatic N) is 3. The Morgan fingerprint density at radius 3 is 2.67 bits per heavy atom. The number of thiazole rings is 1. The minimum atomic E-state index is -1.06. The zero-order valence-electron chi connectivity index (χ0n) is 21.5.